The lowest BCUT2D eigenvalue weighted by molar-refractivity contribution is -0.120. The molecule has 1 N–H and O–H groups in total. The summed E-state index contributed by atoms with van der Waals surface area (Å²) in [6, 6.07) is 22.1. The Bertz CT molecular complexity index is 1340. The number of carbonyl (C=O) groups is 2. The maximum absolute atomic E-state index is 12.4. The SMILES string of the molecule is COC(=O)c1ccc(COc2ccccc2C=NNC(=O)Cc2nc3ccccc3n2C)cc1. The van der Waals surface area contributed by atoms with Gasteiger partial charge < -0.3 is 14.0 Å². The van der Waals surface area contributed by atoms with Gasteiger partial charge in [0.25, 0.3) is 0 Å². The summed E-state index contributed by atoms with van der Waals surface area (Å²) >= 11 is 0. The first-order valence-corrected chi connectivity index (χ1v) is 10.7. The first-order chi connectivity index (χ1) is 16.5. The van der Waals surface area contributed by atoms with E-state index in [0.717, 1.165) is 22.2 Å². The number of aryl methyl sites for hydroxylation is 1. The second-order valence-corrected chi connectivity index (χ2v) is 7.56. The number of hydrogen-bond acceptors (Lipinski definition) is 6. The zero-order chi connectivity index (χ0) is 23.9. The molecule has 0 atom stereocenters. The van der Waals surface area contributed by atoms with Crippen molar-refractivity contribution in [3.63, 3.8) is 0 Å². The number of fused-ring (bicyclic) bond motifs is 1. The molecule has 0 aliphatic carbocycles. The molecular formula is C26H24N4O4. The Kier molecular flexibility index (Phi) is 6.98. The van der Waals surface area contributed by atoms with Gasteiger partial charge in [-0.3, -0.25) is 4.79 Å². The van der Waals surface area contributed by atoms with Crippen LogP contribution in [-0.4, -0.2) is 34.8 Å². The minimum absolute atomic E-state index is 0.113. The van der Waals surface area contributed by atoms with Crippen LogP contribution in [0.15, 0.2) is 77.9 Å². The molecule has 4 rings (SSSR count). The average molecular weight is 457 g/mol. The maximum Gasteiger partial charge on any atom is 0.337 e. The average Bonchev–Trinajstić information content (AvgIpc) is 3.18. The Morgan fingerprint density at radius 3 is 2.53 bits per heavy atom. The molecule has 0 bridgehead atoms. The lowest BCUT2D eigenvalue weighted by atomic mass is 10.1. The highest BCUT2D eigenvalue weighted by Crippen LogP contribution is 2.18. The zero-order valence-electron chi connectivity index (χ0n) is 18.9. The van der Waals surface area contributed by atoms with Crippen LogP contribution in [0.25, 0.3) is 11.0 Å². The van der Waals surface area contributed by atoms with Crippen molar-refractivity contribution in [2.75, 3.05) is 7.11 Å². The molecule has 1 heterocycles. The number of esters is 1. The van der Waals surface area contributed by atoms with Gasteiger partial charge in [0.2, 0.25) is 5.91 Å². The van der Waals surface area contributed by atoms with Crippen molar-refractivity contribution in [1.82, 2.24) is 15.0 Å². The Morgan fingerprint density at radius 1 is 1.03 bits per heavy atom. The van der Waals surface area contributed by atoms with Gasteiger partial charge in [-0.1, -0.05) is 36.4 Å². The molecule has 0 aliphatic rings. The Balaban J connectivity index is 1.35. The summed E-state index contributed by atoms with van der Waals surface area (Å²) in [5.74, 6) is 0.634. The number of ether oxygens (including phenoxy) is 2. The third-order valence-corrected chi connectivity index (χ3v) is 5.28. The van der Waals surface area contributed by atoms with Crippen LogP contribution in [0, 0.1) is 0 Å². The third kappa shape index (κ3) is 5.29. The van der Waals surface area contributed by atoms with Crippen LogP contribution in [0.5, 0.6) is 5.75 Å². The zero-order valence-corrected chi connectivity index (χ0v) is 18.9. The minimum atomic E-state index is -0.382. The number of carbonyl (C=O) groups excluding carboxylic acids is 2. The van der Waals surface area contributed by atoms with Crippen molar-refractivity contribution in [3.05, 3.63) is 95.3 Å². The van der Waals surface area contributed by atoms with Crippen molar-refractivity contribution in [2.45, 2.75) is 13.0 Å². The number of methoxy groups -OCH3 is 1. The molecule has 8 nitrogen and oxygen atoms in total. The molecule has 0 radical (unpaired) electrons. The summed E-state index contributed by atoms with van der Waals surface area (Å²) in [6.07, 6.45) is 1.66. The number of hydrazone groups is 1. The minimum Gasteiger partial charge on any atom is -0.488 e. The van der Waals surface area contributed by atoms with Gasteiger partial charge in [0.15, 0.2) is 0 Å². The van der Waals surface area contributed by atoms with Gasteiger partial charge in [0.1, 0.15) is 18.2 Å². The first-order valence-electron chi connectivity index (χ1n) is 10.7. The van der Waals surface area contributed by atoms with Crippen molar-refractivity contribution < 1.29 is 19.1 Å². The van der Waals surface area contributed by atoms with Crippen LogP contribution >= 0.6 is 0 Å². The highest BCUT2D eigenvalue weighted by molar-refractivity contribution is 5.89. The molecule has 172 valence electrons. The number of rotatable bonds is 8. The molecule has 1 amide bonds. The van der Waals surface area contributed by atoms with Gasteiger partial charge in [-0.2, -0.15) is 5.10 Å². The van der Waals surface area contributed by atoms with Crippen LogP contribution in [0.3, 0.4) is 0 Å². The second kappa shape index (κ2) is 10.4. The van der Waals surface area contributed by atoms with Gasteiger partial charge in [-0.15, -0.1) is 0 Å². The molecule has 0 saturated heterocycles. The Hall–Kier alpha value is -4.46. The molecule has 0 unspecified atom stereocenters. The summed E-state index contributed by atoms with van der Waals surface area (Å²) < 4.78 is 12.5. The Morgan fingerprint density at radius 2 is 1.76 bits per heavy atom. The fourth-order valence-corrected chi connectivity index (χ4v) is 3.45. The van der Waals surface area contributed by atoms with Crippen molar-refractivity contribution in [3.8, 4) is 5.75 Å². The van der Waals surface area contributed by atoms with E-state index in [0.29, 0.717) is 23.7 Å². The van der Waals surface area contributed by atoms with E-state index in [1.54, 1.807) is 18.3 Å². The number of nitrogens with one attached hydrogen (secondary N) is 1. The van der Waals surface area contributed by atoms with Crippen LogP contribution in [0.4, 0.5) is 0 Å². The van der Waals surface area contributed by atoms with E-state index in [4.69, 9.17) is 9.47 Å². The summed E-state index contributed by atoms with van der Waals surface area (Å²) in [5.41, 5.74) is 6.47. The highest BCUT2D eigenvalue weighted by Gasteiger charge is 2.11. The van der Waals surface area contributed by atoms with Gasteiger partial charge in [-0.25, -0.2) is 15.2 Å². The van der Waals surface area contributed by atoms with Crippen LogP contribution < -0.4 is 10.2 Å². The number of para-hydroxylation sites is 3. The first kappa shape index (κ1) is 22.7. The normalized spacial score (nSPS) is 11.0. The third-order valence-electron chi connectivity index (χ3n) is 5.28. The standard InChI is InChI=1S/C26H24N4O4/c1-30-22-9-5-4-8-21(22)28-24(30)15-25(31)29-27-16-20-7-3-6-10-23(20)34-17-18-11-13-19(14-12-18)26(32)33-2/h3-14,16H,15,17H2,1-2H3,(H,29,31). The maximum atomic E-state index is 12.4. The van der Waals surface area contributed by atoms with Gasteiger partial charge in [0.05, 0.1) is 36.3 Å². The lowest BCUT2D eigenvalue weighted by Gasteiger charge is -2.09. The van der Waals surface area contributed by atoms with Gasteiger partial charge >= 0.3 is 5.97 Å². The molecule has 0 fully saturated rings. The predicted octanol–water partition coefficient (Wildman–Crippen LogP) is 3.63. The van der Waals surface area contributed by atoms with Crippen molar-refractivity contribution in [2.24, 2.45) is 12.1 Å². The fourth-order valence-electron chi connectivity index (χ4n) is 3.45. The van der Waals surface area contributed by atoms with Crippen molar-refractivity contribution >= 4 is 29.1 Å². The summed E-state index contributed by atoms with van der Waals surface area (Å²) in [4.78, 5) is 28.4. The number of benzene rings is 3. The number of hydrogen-bond donors (Lipinski definition) is 1. The highest BCUT2D eigenvalue weighted by atomic mass is 16.5. The van der Waals surface area contributed by atoms with Crippen LogP contribution in [0.2, 0.25) is 0 Å². The predicted molar refractivity (Wildman–Crippen MR) is 129 cm³/mol. The quantitative estimate of drug-likeness (QED) is 0.248. The monoisotopic (exact) mass is 456 g/mol. The molecule has 0 spiro atoms. The van der Waals surface area contributed by atoms with Crippen molar-refractivity contribution in [1.29, 1.82) is 0 Å². The lowest BCUT2D eigenvalue weighted by Crippen LogP contribution is -2.21. The Labute approximate surface area is 196 Å². The summed E-state index contributed by atoms with van der Waals surface area (Å²) in [6.45, 7) is 0.311. The van der Waals surface area contributed by atoms with Crippen LogP contribution in [-0.2, 0) is 29.6 Å². The van der Waals surface area contributed by atoms with E-state index in [-0.39, 0.29) is 18.3 Å². The van der Waals surface area contributed by atoms with E-state index >= 15 is 0 Å². The van der Waals surface area contributed by atoms with E-state index in [9.17, 15) is 9.59 Å². The number of aromatic nitrogens is 2. The smallest absolute Gasteiger partial charge is 0.337 e. The van der Waals surface area contributed by atoms with E-state index in [1.165, 1.54) is 7.11 Å². The molecule has 3 aromatic carbocycles. The summed E-state index contributed by atoms with van der Waals surface area (Å²) in [7, 11) is 3.23. The molecule has 4 aromatic rings. The largest absolute Gasteiger partial charge is 0.488 e. The van der Waals surface area contributed by atoms with E-state index < -0.39 is 0 Å². The van der Waals surface area contributed by atoms with Crippen LogP contribution in [0.1, 0.15) is 27.3 Å². The number of amides is 1. The van der Waals surface area contributed by atoms with Gasteiger partial charge in [0, 0.05) is 12.6 Å². The van der Waals surface area contributed by atoms with E-state index in [1.807, 2.05) is 72.3 Å². The molecule has 0 aliphatic heterocycles. The second-order valence-electron chi connectivity index (χ2n) is 7.56. The van der Waals surface area contributed by atoms with Gasteiger partial charge in [-0.05, 0) is 42.0 Å². The molecule has 34 heavy (non-hydrogen) atoms. The summed E-state index contributed by atoms with van der Waals surface area (Å²) in [5, 5.41) is 4.08. The molecular weight excluding hydrogens is 432 g/mol. The fraction of sp³-hybridized carbons (Fsp3) is 0.154. The molecule has 8 heteroatoms. The topological polar surface area (TPSA) is 94.8 Å². The number of imidazole rings is 1. The number of nitrogens with zero attached hydrogens (tertiary/aromatic N) is 3. The van der Waals surface area contributed by atoms with E-state index in [2.05, 4.69) is 15.5 Å². The molecule has 0 saturated carbocycles. The molecule has 1 aromatic heterocycles.